The van der Waals surface area contributed by atoms with E-state index in [2.05, 4.69) is 15.1 Å². The summed E-state index contributed by atoms with van der Waals surface area (Å²) in [7, 11) is 0. The number of aryl methyl sites for hydroxylation is 1. The smallest absolute Gasteiger partial charge is 0.222 e. The fourth-order valence-corrected chi connectivity index (χ4v) is 5.19. The molecule has 3 unspecified atom stereocenters. The molecule has 126 valence electrons. The van der Waals surface area contributed by atoms with Crippen molar-refractivity contribution in [1.29, 1.82) is 0 Å². The van der Waals surface area contributed by atoms with Gasteiger partial charge in [-0.15, -0.1) is 10.2 Å². The number of rotatable bonds is 3. The molecule has 6 heteroatoms. The molecule has 2 saturated carbocycles. The van der Waals surface area contributed by atoms with Crippen LogP contribution < -0.4 is 5.73 Å². The molecule has 4 rings (SSSR count). The summed E-state index contributed by atoms with van der Waals surface area (Å²) in [6, 6.07) is 0.330. The number of anilines is 1. The van der Waals surface area contributed by atoms with Gasteiger partial charge in [-0.2, -0.15) is 0 Å². The fourth-order valence-electron chi connectivity index (χ4n) is 5.19. The molecule has 6 nitrogen and oxygen atoms in total. The van der Waals surface area contributed by atoms with Gasteiger partial charge in [0.1, 0.15) is 5.82 Å². The lowest BCUT2D eigenvalue weighted by Gasteiger charge is -2.34. The Hall–Kier alpha value is -1.59. The normalized spacial score (nSPS) is 31.0. The van der Waals surface area contributed by atoms with Gasteiger partial charge in [-0.25, -0.2) is 0 Å². The van der Waals surface area contributed by atoms with Crippen molar-refractivity contribution in [3.63, 3.8) is 0 Å². The quantitative estimate of drug-likeness (QED) is 0.927. The average Bonchev–Trinajstić information content (AvgIpc) is 3.24. The molecule has 1 saturated heterocycles. The lowest BCUT2D eigenvalue weighted by molar-refractivity contribution is -0.133. The van der Waals surface area contributed by atoms with Crippen molar-refractivity contribution in [3.05, 3.63) is 5.82 Å². The lowest BCUT2D eigenvalue weighted by atomic mass is 9.86. The highest BCUT2D eigenvalue weighted by molar-refractivity contribution is 5.76. The topological polar surface area (TPSA) is 77.0 Å². The van der Waals surface area contributed by atoms with E-state index in [-0.39, 0.29) is 0 Å². The minimum Gasteiger partial charge on any atom is -0.368 e. The molecular weight excluding hydrogens is 290 g/mol. The van der Waals surface area contributed by atoms with E-state index in [1.54, 1.807) is 0 Å². The number of nitrogens with zero attached hydrogens (tertiary/aromatic N) is 4. The van der Waals surface area contributed by atoms with Crippen LogP contribution in [0.25, 0.3) is 0 Å². The van der Waals surface area contributed by atoms with Crippen molar-refractivity contribution in [2.75, 3.05) is 18.8 Å². The van der Waals surface area contributed by atoms with E-state index in [0.29, 0.717) is 23.8 Å². The summed E-state index contributed by atoms with van der Waals surface area (Å²) in [4.78, 5) is 14.7. The van der Waals surface area contributed by atoms with E-state index in [1.807, 2.05) is 11.5 Å². The van der Waals surface area contributed by atoms with Crippen LogP contribution in [0.1, 0.15) is 56.8 Å². The maximum absolute atomic E-state index is 12.6. The minimum absolute atomic E-state index is 0.330. The lowest BCUT2D eigenvalue weighted by Crippen LogP contribution is -2.40. The molecule has 2 heterocycles. The van der Waals surface area contributed by atoms with Crippen molar-refractivity contribution >= 4 is 11.9 Å². The first kappa shape index (κ1) is 15.0. The van der Waals surface area contributed by atoms with Crippen LogP contribution in [-0.4, -0.2) is 38.7 Å². The van der Waals surface area contributed by atoms with Gasteiger partial charge in [0.05, 0.1) is 0 Å². The molecule has 0 spiro atoms. The predicted molar refractivity (Wildman–Crippen MR) is 87.6 cm³/mol. The van der Waals surface area contributed by atoms with E-state index < -0.39 is 0 Å². The minimum atomic E-state index is 0.330. The second-order valence-electron chi connectivity index (χ2n) is 7.73. The molecule has 1 aromatic heterocycles. The molecule has 0 radical (unpaired) electrons. The predicted octanol–water partition coefficient (Wildman–Crippen LogP) is 2.16. The molecule has 0 aromatic carbocycles. The third kappa shape index (κ3) is 2.72. The summed E-state index contributed by atoms with van der Waals surface area (Å²) in [5.74, 6) is 4.15. The molecule has 3 aliphatic rings. The van der Waals surface area contributed by atoms with E-state index in [9.17, 15) is 4.79 Å². The molecule has 2 bridgehead atoms. The Morgan fingerprint density at radius 3 is 2.52 bits per heavy atom. The number of hydrogen-bond donors (Lipinski definition) is 1. The van der Waals surface area contributed by atoms with Gasteiger partial charge < -0.3 is 10.6 Å². The van der Waals surface area contributed by atoms with Crippen molar-refractivity contribution in [2.45, 2.75) is 57.9 Å². The third-order valence-electron chi connectivity index (χ3n) is 6.40. The van der Waals surface area contributed by atoms with Crippen LogP contribution in [0.3, 0.4) is 0 Å². The van der Waals surface area contributed by atoms with Crippen molar-refractivity contribution in [2.24, 2.45) is 17.8 Å². The number of carbonyl (C=O) groups excluding carboxylic acids is 1. The Labute approximate surface area is 137 Å². The first-order valence-corrected chi connectivity index (χ1v) is 9.06. The van der Waals surface area contributed by atoms with Gasteiger partial charge in [0.2, 0.25) is 11.9 Å². The van der Waals surface area contributed by atoms with Gasteiger partial charge in [0, 0.05) is 25.6 Å². The zero-order valence-electron chi connectivity index (χ0n) is 13.9. The number of nitrogens with two attached hydrogens (primary N) is 1. The van der Waals surface area contributed by atoms with Crippen LogP contribution in [0.2, 0.25) is 0 Å². The molecule has 3 fully saturated rings. The summed E-state index contributed by atoms with van der Waals surface area (Å²) in [5, 5.41) is 7.99. The fraction of sp³-hybridized carbons (Fsp3) is 0.824. The standard InChI is InChI=1S/C17H27N5O/c1-11-19-20-17(18)22(11)15-4-6-21(7-5-15)16(23)10-14-9-12-2-3-13(14)8-12/h12-15H,2-10H2,1H3,(H2,18,20). The van der Waals surface area contributed by atoms with Crippen LogP contribution in [-0.2, 0) is 4.79 Å². The molecule has 1 aliphatic heterocycles. The van der Waals surface area contributed by atoms with Gasteiger partial charge in [-0.3, -0.25) is 9.36 Å². The maximum Gasteiger partial charge on any atom is 0.222 e. The molecule has 2 N–H and O–H groups in total. The van der Waals surface area contributed by atoms with Gasteiger partial charge in [0.15, 0.2) is 0 Å². The molecule has 3 atom stereocenters. The summed E-state index contributed by atoms with van der Waals surface area (Å²) >= 11 is 0. The highest BCUT2D eigenvalue weighted by Crippen LogP contribution is 2.49. The van der Waals surface area contributed by atoms with Crippen molar-refractivity contribution in [1.82, 2.24) is 19.7 Å². The van der Waals surface area contributed by atoms with E-state index in [1.165, 1.54) is 25.7 Å². The summed E-state index contributed by atoms with van der Waals surface area (Å²) in [6.07, 6.45) is 8.11. The molecule has 1 amide bonds. The zero-order valence-corrected chi connectivity index (χ0v) is 13.9. The monoisotopic (exact) mass is 317 g/mol. The first-order chi connectivity index (χ1) is 11.1. The van der Waals surface area contributed by atoms with Gasteiger partial charge in [-0.1, -0.05) is 6.42 Å². The SMILES string of the molecule is Cc1nnc(N)n1C1CCN(C(=O)CC2CC3CCC2C3)CC1. The number of amides is 1. The van der Waals surface area contributed by atoms with Gasteiger partial charge in [0.25, 0.3) is 0 Å². The summed E-state index contributed by atoms with van der Waals surface area (Å²) < 4.78 is 2.03. The number of likely N-dealkylation sites (tertiary alicyclic amines) is 1. The highest BCUT2D eigenvalue weighted by Gasteiger charge is 2.40. The Balaban J connectivity index is 1.32. The number of aromatic nitrogens is 3. The van der Waals surface area contributed by atoms with E-state index >= 15 is 0 Å². The molecule has 23 heavy (non-hydrogen) atoms. The number of fused-ring (bicyclic) bond motifs is 2. The highest BCUT2D eigenvalue weighted by atomic mass is 16.2. The molecule has 1 aromatic rings. The summed E-state index contributed by atoms with van der Waals surface area (Å²) in [6.45, 7) is 3.61. The van der Waals surface area contributed by atoms with Crippen LogP contribution in [0.15, 0.2) is 0 Å². The van der Waals surface area contributed by atoms with Crippen molar-refractivity contribution in [3.8, 4) is 0 Å². The van der Waals surface area contributed by atoms with Crippen molar-refractivity contribution < 1.29 is 4.79 Å². The second-order valence-corrected chi connectivity index (χ2v) is 7.73. The van der Waals surface area contributed by atoms with E-state index in [0.717, 1.165) is 50.0 Å². The maximum atomic E-state index is 12.6. The van der Waals surface area contributed by atoms with Gasteiger partial charge in [-0.05, 0) is 56.8 Å². The van der Waals surface area contributed by atoms with Crippen LogP contribution in [0.5, 0.6) is 0 Å². The zero-order chi connectivity index (χ0) is 16.0. The van der Waals surface area contributed by atoms with Crippen LogP contribution in [0, 0.1) is 24.7 Å². The Kier molecular flexibility index (Phi) is 3.77. The van der Waals surface area contributed by atoms with Crippen LogP contribution in [0.4, 0.5) is 5.95 Å². The largest absolute Gasteiger partial charge is 0.368 e. The third-order valence-corrected chi connectivity index (χ3v) is 6.40. The number of piperidine rings is 1. The second kappa shape index (κ2) is 5.80. The summed E-state index contributed by atoms with van der Waals surface area (Å²) in [5.41, 5.74) is 5.92. The number of carbonyl (C=O) groups is 1. The Bertz CT molecular complexity index is 570. The number of nitrogen functional groups attached to an aromatic ring is 1. The first-order valence-electron chi connectivity index (χ1n) is 9.06. The van der Waals surface area contributed by atoms with Crippen LogP contribution >= 0.6 is 0 Å². The average molecular weight is 317 g/mol. The molecule has 2 aliphatic carbocycles. The number of hydrogen-bond acceptors (Lipinski definition) is 4. The molecular formula is C17H27N5O. The Morgan fingerprint density at radius 2 is 1.96 bits per heavy atom. The van der Waals surface area contributed by atoms with Gasteiger partial charge >= 0.3 is 0 Å². The van der Waals surface area contributed by atoms with E-state index in [4.69, 9.17) is 5.73 Å². The Morgan fingerprint density at radius 1 is 1.17 bits per heavy atom.